The zero-order chi connectivity index (χ0) is 22.3. The van der Waals surface area contributed by atoms with Crippen LogP contribution in [0.1, 0.15) is 35.4 Å². The summed E-state index contributed by atoms with van der Waals surface area (Å²) >= 11 is 0. The Labute approximate surface area is 189 Å². The molecule has 6 nitrogen and oxygen atoms in total. The summed E-state index contributed by atoms with van der Waals surface area (Å²) in [5, 5.41) is 3.06. The fourth-order valence-corrected chi connectivity index (χ4v) is 4.26. The smallest absolute Gasteiger partial charge is 0.251 e. The Morgan fingerprint density at radius 1 is 1.06 bits per heavy atom. The maximum absolute atomic E-state index is 12.7. The largest absolute Gasteiger partial charge is 0.352 e. The van der Waals surface area contributed by atoms with Gasteiger partial charge in [-0.15, -0.1) is 0 Å². The van der Waals surface area contributed by atoms with Gasteiger partial charge >= 0.3 is 0 Å². The number of aromatic nitrogens is 2. The Balaban J connectivity index is 1.25. The molecule has 0 radical (unpaired) electrons. The topological polar surface area (TPSA) is 67.2 Å². The van der Waals surface area contributed by atoms with Crippen LogP contribution in [-0.4, -0.2) is 45.9 Å². The van der Waals surface area contributed by atoms with Crippen LogP contribution in [0.5, 0.6) is 0 Å². The van der Waals surface area contributed by atoms with Gasteiger partial charge in [-0.3, -0.25) is 9.59 Å². The van der Waals surface area contributed by atoms with Crippen molar-refractivity contribution in [1.82, 2.24) is 19.8 Å². The van der Waals surface area contributed by atoms with Crippen LogP contribution in [0.2, 0.25) is 0 Å². The molecular formula is C26H30N4O2. The fraction of sp³-hybridized carbons (Fsp3) is 0.346. The van der Waals surface area contributed by atoms with E-state index < -0.39 is 0 Å². The number of hydrogen-bond donors (Lipinski definition) is 1. The predicted molar refractivity (Wildman–Crippen MR) is 125 cm³/mol. The molecule has 1 aliphatic heterocycles. The van der Waals surface area contributed by atoms with Crippen molar-refractivity contribution >= 4 is 11.8 Å². The molecule has 2 aromatic carbocycles. The van der Waals surface area contributed by atoms with Gasteiger partial charge in [-0.05, 0) is 48.9 Å². The molecule has 0 aliphatic carbocycles. The average molecular weight is 431 g/mol. The Kier molecular flexibility index (Phi) is 7.00. The summed E-state index contributed by atoms with van der Waals surface area (Å²) < 4.78 is 2.00. The van der Waals surface area contributed by atoms with Crippen LogP contribution in [0.3, 0.4) is 0 Å². The van der Waals surface area contributed by atoms with Crippen LogP contribution < -0.4 is 5.32 Å². The van der Waals surface area contributed by atoms with Gasteiger partial charge in [-0.1, -0.05) is 42.5 Å². The van der Waals surface area contributed by atoms with Gasteiger partial charge in [0.25, 0.3) is 5.91 Å². The molecule has 1 aliphatic rings. The van der Waals surface area contributed by atoms with Crippen LogP contribution in [0.4, 0.5) is 0 Å². The highest BCUT2D eigenvalue weighted by Gasteiger charge is 2.24. The lowest BCUT2D eigenvalue weighted by atomic mass is 9.97. The lowest BCUT2D eigenvalue weighted by Crippen LogP contribution is -2.43. The van der Waals surface area contributed by atoms with Crippen LogP contribution in [-0.2, 0) is 11.3 Å². The van der Waals surface area contributed by atoms with Crippen molar-refractivity contribution in [1.29, 1.82) is 0 Å². The molecule has 1 saturated heterocycles. The monoisotopic (exact) mass is 430 g/mol. The van der Waals surface area contributed by atoms with Crippen LogP contribution in [0.25, 0.3) is 11.1 Å². The number of nitrogens with one attached hydrogen (secondary N) is 1. The van der Waals surface area contributed by atoms with Crippen molar-refractivity contribution in [2.45, 2.75) is 32.7 Å². The van der Waals surface area contributed by atoms with Crippen molar-refractivity contribution < 1.29 is 9.59 Å². The van der Waals surface area contributed by atoms with E-state index in [-0.39, 0.29) is 17.7 Å². The summed E-state index contributed by atoms with van der Waals surface area (Å²) in [6.07, 6.45) is 6.14. The Morgan fingerprint density at radius 2 is 1.81 bits per heavy atom. The van der Waals surface area contributed by atoms with Crippen molar-refractivity contribution in [2.75, 3.05) is 19.6 Å². The second-order valence-corrected chi connectivity index (χ2v) is 8.42. The molecule has 1 aromatic heterocycles. The minimum atomic E-state index is -0.0661. The molecule has 32 heavy (non-hydrogen) atoms. The number of hydrogen-bond acceptors (Lipinski definition) is 3. The van der Waals surface area contributed by atoms with Gasteiger partial charge in [0.15, 0.2) is 0 Å². The molecule has 3 aromatic rings. The van der Waals surface area contributed by atoms with E-state index in [0.717, 1.165) is 36.3 Å². The van der Waals surface area contributed by atoms with Gasteiger partial charge in [0.05, 0.1) is 0 Å². The highest BCUT2D eigenvalue weighted by atomic mass is 16.2. The van der Waals surface area contributed by atoms with Crippen LogP contribution in [0, 0.1) is 12.8 Å². The number of piperidine rings is 1. The third-order valence-electron chi connectivity index (χ3n) is 6.17. The van der Waals surface area contributed by atoms with Crippen LogP contribution in [0.15, 0.2) is 67.0 Å². The van der Waals surface area contributed by atoms with Crippen molar-refractivity contribution in [3.63, 3.8) is 0 Å². The number of aryl methyl sites for hydroxylation is 2. The molecule has 2 amide bonds. The Hall–Kier alpha value is -3.41. The molecule has 0 saturated carbocycles. The number of imidazole rings is 1. The lowest BCUT2D eigenvalue weighted by Gasteiger charge is -2.33. The van der Waals surface area contributed by atoms with E-state index in [9.17, 15) is 9.59 Å². The summed E-state index contributed by atoms with van der Waals surface area (Å²) in [6.45, 7) is 4.69. The molecule has 0 unspecified atom stereocenters. The fourth-order valence-electron chi connectivity index (χ4n) is 4.26. The quantitative estimate of drug-likeness (QED) is 0.618. The Morgan fingerprint density at radius 3 is 2.53 bits per heavy atom. The van der Waals surface area contributed by atoms with E-state index in [1.54, 1.807) is 6.20 Å². The normalized spacial score (nSPS) is 16.0. The first-order valence-corrected chi connectivity index (χ1v) is 11.3. The number of likely N-dealkylation sites (tertiary alicyclic amines) is 1. The highest BCUT2D eigenvalue weighted by Crippen LogP contribution is 2.20. The molecule has 1 atom stereocenters. The molecule has 1 fully saturated rings. The number of nitrogens with zero attached hydrogens (tertiary/aromatic N) is 3. The van der Waals surface area contributed by atoms with E-state index >= 15 is 0 Å². The van der Waals surface area contributed by atoms with Gasteiger partial charge in [-0.2, -0.15) is 0 Å². The second kappa shape index (κ2) is 10.3. The minimum absolute atomic E-state index is 0.0661. The standard InChI is InChI=1S/C26H30N4O2/c1-20-27-14-17-29(20)16-13-25(31)30-15-5-6-21(19-30)18-28-26(32)24-11-9-23(10-12-24)22-7-3-2-4-8-22/h2-4,7-12,14,17,21H,5-6,13,15-16,18-19H2,1H3,(H,28,32)/t21-/m0/s1. The average Bonchev–Trinajstić information content (AvgIpc) is 3.26. The van der Waals surface area contributed by atoms with Gasteiger partial charge in [0, 0.05) is 50.6 Å². The van der Waals surface area contributed by atoms with E-state index in [1.807, 2.05) is 65.1 Å². The molecule has 4 rings (SSSR count). The lowest BCUT2D eigenvalue weighted by molar-refractivity contribution is -0.133. The first kappa shape index (κ1) is 21.8. The van der Waals surface area contributed by atoms with Crippen molar-refractivity contribution in [3.05, 3.63) is 78.4 Å². The zero-order valence-electron chi connectivity index (χ0n) is 18.5. The van der Waals surface area contributed by atoms with Gasteiger partial charge in [0.1, 0.15) is 5.82 Å². The molecule has 0 spiro atoms. The van der Waals surface area contributed by atoms with E-state index in [0.29, 0.717) is 31.6 Å². The highest BCUT2D eigenvalue weighted by molar-refractivity contribution is 5.94. The van der Waals surface area contributed by atoms with Crippen LogP contribution >= 0.6 is 0 Å². The number of rotatable bonds is 7. The van der Waals surface area contributed by atoms with Crippen molar-refractivity contribution in [3.8, 4) is 11.1 Å². The number of carbonyl (C=O) groups excluding carboxylic acids is 2. The molecule has 166 valence electrons. The third kappa shape index (κ3) is 5.44. The first-order chi connectivity index (χ1) is 15.6. The predicted octanol–water partition coefficient (Wildman–Crippen LogP) is 3.92. The molecule has 0 bridgehead atoms. The summed E-state index contributed by atoms with van der Waals surface area (Å²) in [7, 11) is 0. The van der Waals surface area contributed by atoms with Gasteiger partial charge < -0.3 is 14.8 Å². The summed E-state index contributed by atoms with van der Waals surface area (Å²) in [6, 6.07) is 17.8. The van der Waals surface area contributed by atoms with Gasteiger partial charge in [0.2, 0.25) is 5.91 Å². The summed E-state index contributed by atoms with van der Waals surface area (Å²) in [5.74, 6) is 1.32. The second-order valence-electron chi connectivity index (χ2n) is 8.42. The Bertz CT molecular complexity index is 1040. The summed E-state index contributed by atoms with van der Waals surface area (Å²) in [5.41, 5.74) is 2.88. The maximum Gasteiger partial charge on any atom is 0.251 e. The number of benzene rings is 2. The maximum atomic E-state index is 12.7. The number of amides is 2. The minimum Gasteiger partial charge on any atom is -0.352 e. The van der Waals surface area contributed by atoms with E-state index in [1.165, 1.54) is 0 Å². The van der Waals surface area contributed by atoms with E-state index in [2.05, 4.69) is 22.4 Å². The van der Waals surface area contributed by atoms with Gasteiger partial charge in [-0.25, -0.2) is 4.98 Å². The molecule has 6 heteroatoms. The summed E-state index contributed by atoms with van der Waals surface area (Å²) in [4.78, 5) is 31.4. The molecule has 1 N–H and O–H groups in total. The third-order valence-corrected chi connectivity index (χ3v) is 6.17. The SMILES string of the molecule is Cc1nccn1CCC(=O)N1CCC[C@@H](CNC(=O)c2ccc(-c3ccccc3)cc2)C1. The molecule has 2 heterocycles. The molecular weight excluding hydrogens is 400 g/mol. The number of carbonyl (C=O) groups is 2. The first-order valence-electron chi connectivity index (χ1n) is 11.3. The van der Waals surface area contributed by atoms with E-state index in [4.69, 9.17) is 0 Å². The zero-order valence-corrected chi connectivity index (χ0v) is 18.5. The van der Waals surface area contributed by atoms with Crippen molar-refractivity contribution in [2.24, 2.45) is 5.92 Å².